The zero-order valence-electron chi connectivity index (χ0n) is 10.3. The molecular weight excluding hydrogens is 236 g/mol. The molecule has 96 valence electrons. The first-order chi connectivity index (χ1) is 7.98. The number of anilines is 1. The first kappa shape index (κ1) is 14.0. The molecule has 4 nitrogen and oxygen atoms in total. The van der Waals surface area contributed by atoms with Crippen LogP contribution in [-0.4, -0.2) is 14.2 Å². The van der Waals surface area contributed by atoms with Gasteiger partial charge in [0.25, 0.3) is 0 Å². The Morgan fingerprint density at radius 1 is 1.24 bits per heavy atom. The molecule has 0 unspecified atom stereocenters. The van der Waals surface area contributed by atoms with E-state index in [0.717, 1.165) is 12.0 Å². The summed E-state index contributed by atoms with van der Waals surface area (Å²) in [6, 6.07) is 7.22. The lowest BCUT2D eigenvalue weighted by molar-refractivity contribution is 0.600. The van der Waals surface area contributed by atoms with Crippen LogP contribution in [0, 0.1) is 0 Å². The number of nitrogens with one attached hydrogen (secondary N) is 1. The Labute approximate surface area is 103 Å². The van der Waals surface area contributed by atoms with Crippen molar-refractivity contribution in [3.8, 4) is 0 Å². The molecule has 1 atom stereocenters. The van der Waals surface area contributed by atoms with Crippen LogP contribution in [0.2, 0.25) is 0 Å². The number of nitrogens with two attached hydrogens (primary N) is 1. The first-order valence-electron chi connectivity index (χ1n) is 5.84. The van der Waals surface area contributed by atoms with Crippen molar-refractivity contribution in [3.63, 3.8) is 0 Å². The van der Waals surface area contributed by atoms with Gasteiger partial charge in [-0.2, -0.15) is 0 Å². The maximum atomic E-state index is 11.5. The summed E-state index contributed by atoms with van der Waals surface area (Å²) in [5, 5.41) is 0. The zero-order valence-corrected chi connectivity index (χ0v) is 11.1. The van der Waals surface area contributed by atoms with Gasteiger partial charge in [0, 0.05) is 11.7 Å². The summed E-state index contributed by atoms with van der Waals surface area (Å²) >= 11 is 0. The van der Waals surface area contributed by atoms with Gasteiger partial charge in [0.15, 0.2) is 0 Å². The normalized spacial score (nSPS) is 13.4. The Bertz CT molecular complexity index is 440. The highest BCUT2D eigenvalue weighted by Crippen LogP contribution is 2.17. The summed E-state index contributed by atoms with van der Waals surface area (Å²) in [7, 11) is -3.20. The van der Waals surface area contributed by atoms with E-state index in [1.807, 2.05) is 26.0 Å². The molecule has 17 heavy (non-hydrogen) atoms. The molecule has 1 aromatic rings. The van der Waals surface area contributed by atoms with Crippen LogP contribution in [0.15, 0.2) is 24.3 Å². The zero-order chi connectivity index (χ0) is 12.9. The second-order valence-electron chi connectivity index (χ2n) is 4.06. The Morgan fingerprint density at radius 3 is 2.29 bits per heavy atom. The molecule has 0 heterocycles. The van der Waals surface area contributed by atoms with Crippen molar-refractivity contribution < 1.29 is 8.42 Å². The highest BCUT2D eigenvalue weighted by Gasteiger charge is 2.09. The predicted molar refractivity (Wildman–Crippen MR) is 71.4 cm³/mol. The van der Waals surface area contributed by atoms with Gasteiger partial charge < -0.3 is 5.73 Å². The van der Waals surface area contributed by atoms with Crippen molar-refractivity contribution in [1.29, 1.82) is 0 Å². The van der Waals surface area contributed by atoms with E-state index >= 15 is 0 Å². The molecule has 0 radical (unpaired) electrons. The molecular formula is C12H20N2O2S. The van der Waals surface area contributed by atoms with E-state index in [9.17, 15) is 8.42 Å². The molecule has 0 amide bonds. The van der Waals surface area contributed by atoms with Gasteiger partial charge in [0.05, 0.1) is 5.75 Å². The van der Waals surface area contributed by atoms with Gasteiger partial charge in [-0.05, 0) is 30.5 Å². The number of hydrogen-bond donors (Lipinski definition) is 2. The summed E-state index contributed by atoms with van der Waals surface area (Å²) in [5.74, 6) is 0.142. The van der Waals surface area contributed by atoms with Gasteiger partial charge >= 0.3 is 0 Å². The summed E-state index contributed by atoms with van der Waals surface area (Å²) in [6.45, 7) is 3.85. The fraction of sp³-hybridized carbons (Fsp3) is 0.500. The maximum Gasteiger partial charge on any atom is 0.232 e. The molecule has 0 bridgehead atoms. The Balaban J connectivity index is 2.75. The molecule has 0 saturated carbocycles. The van der Waals surface area contributed by atoms with Crippen LogP contribution >= 0.6 is 0 Å². The van der Waals surface area contributed by atoms with Crippen molar-refractivity contribution in [2.75, 3.05) is 10.5 Å². The third kappa shape index (κ3) is 4.36. The van der Waals surface area contributed by atoms with E-state index in [1.54, 1.807) is 12.1 Å². The van der Waals surface area contributed by atoms with Crippen LogP contribution in [0.25, 0.3) is 0 Å². The van der Waals surface area contributed by atoms with E-state index in [2.05, 4.69) is 4.72 Å². The molecule has 0 aliphatic rings. The smallest absolute Gasteiger partial charge is 0.232 e. The van der Waals surface area contributed by atoms with Crippen molar-refractivity contribution in [1.82, 2.24) is 0 Å². The summed E-state index contributed by atoms with van der Waals surface area (Å²) in [4.78, 5) is 0. The average molecular weight is 256 g/mol. The van der Waals surface area contributed by atoms with Crippen LogP contribution < -0.4 is 10.5 Å². The van der Waals surface area contributed by atoms with Crippen molar-refractivity contribution >= 4 is 15.7 Å². The average Bonchev–Trinajstić information content (AvgIpc) is 2.28. The lowest BCUT2D eigenvalue weighted by Crippen LogP contribution is -2.16. The summed E-state index contributed by atoms with van der Waals surface area (Å²) in [6.07, 6.45) is 1.47. The molecule has 5 heteroatoms. The number of hydrogen-bond acceptors (Lipinski definition) is 3. The van der Waals surface area contributed by atoms with Gasteiger partial charge in [-0.15, -0.1) is 0 Å². The number of sulfonamides is 1. The monoisotopic (exact) mass is 256 g/mol. The third-order valence-corrected chi connectivity index (χ3v) is 4.02. The molecule has 1 aromatic carbocycles. The largest absolute Gasteiger partial charge is 0.324 e. The highest BCUT2D eigenvalue weighted by atomic mass is 32.2. The van der Waals surface area contributed by atoms with Crippen LogP contribution in [0.1, 0.15) is 38.3 Å². The Morgan fingerprint density at radius 2 is 1.82 bits per heavy atom. The van der Waals surface area contributed by atoms with Crippen molar-refractivity contribution in [2.45, 2.75) is 32.7 Å². The minimum Gasteiger partial charge on any atom is -0.324 e. The van der Waals surface area contributed by atoms with E-state index in [-0.39, 0.29) is 11.8 Å². The third-order valence-electron chi connectivity index (χ3n) is 2.52. The fourth-order valence-electron chi connectivity index (χ4n) is 1.53. The quantitative estimate of drug-likeness (QED) is 0.820. The fourth-order valence-corrected chi connectivity index (χ4v) is 2.67. The number of rotatable bonds is 6. The topological polar surface area (TPSA) is 72.2 Å². The standard InChI is InChI=1S/C12H20N2O2S/c1-3-9-17(15,16)14-11-7-5-10(6-8-11)12(13)4-2/h5-8,12,14H,3-4,9,13H2,1-2H3/t12-/m1/s1. The van der Waals surface area contributed by atoms with Gasteiger partial charge in [-0.3, -0.25) is 4.72 Å². The van der Waals surface area contributed by atoms with Crippen LogP contribution in [0.3, 0.4) is 0 Å². The molecule has 0 aromatic heterocycles. The Hall–Kier alpha value is -1.07. The SMILES string of the molecule is CCCS(=O)(=O)Nc1ccc([C@H](N)CC)cc1. The molecule has 0 aliphatic heterocycles. The second-order valence-corrected chi connectivity index (χ2v) is 5.90. The van der Waals surface area contributed by atoms with Crippen LogP contribution in [-0.2, 0) is 10.0 Å². The van der Waals surface area contributed by atoms with Crippen molar-refractivity contribution in [2.24, 2.45) is 5.73 Å². The predicted octanol–water partition coefficient (Wildman–Crippen LogP) is 2.25. The molecule has 1 rings (SSSR count). The van der Waals surface area contributed by atoms with Crippen LogP contribution in [0.4, 0.5) is 5.69 Å². The van der Waals surface area contributed by atoms with Gasteiger partial charge in [0.1, 0.15) is 0 Å². The van der Waals surface area contributed by atoms with E-state index in [4.69, 9.17) is 5.73 Å². The van der Waals surface area contributed by atoms with Gasteiger partial charge in [-0.25, -0.2) is 8.42 Å². The second kappa shape index (κ2) is 6.02. The Kier molecular flexibility index (Phi) is 4.96. The molecule has 0 spiro atoms. The van der Waals surface area contributed by atoms with E-state index in [1.165, 1.54) is 0 Å². The lowest BCUT2D eigenvalue weighted by Gasteiger charge is -2.11. The van der Waals surface area contributed by atoms with Crippen LogP contribution in [0.5, 0.6) is 0 Å². The molecule has 0 saturated heterocycles. The molecule has 0 aliphatic carbocycles. The van der Waals surface area contributed by atoms with E-state index < -0.39 is 10.0 Å². The minimum absolute atomic E-state index is 0.0105. The lowest BCUT2D eigenvalue weighted by atomic mass is 10.1. The highest BCUT2D eigenvalue weighted by molar-refractivity contribution is 7.92. The minimum atomic E-state index is -3.20. The molecule has 0 fully saturated rings. The van der Waals surface area contributed by atoms with Gasteiger partial charge in [0.2, 0.25) is 10.0 Å². The summed E-state index contributed by atoms with van der Waals surface area (Å²) < 4.78 is 25.6. The van der Waals surface area contributed by atoms with Gasteiger partial charge in [-0.1, -0.05) is 26.0 Å². The van der Waals surface area contributed by atoms with E-state index in [0.29, 0.717) is 12.1 Å². The maximum absolute atomic E-state index is 11.5. The van der Waals surface area contributed by atoms with Crippen molar-refractivity contribution in [3.05, 3.63) is 29.8 Å². The first-order valence-corrected chi connectivity index (χ1v) is 7.49. The summed E-state index contributed by atoms with van der Waals surface area (Å²) in [5.41, 5.74) is 7.49. The molecule has 3 N–H and O–H groups in total. The number of benzene rings is 1.